The zero-order valence-electron chi connectivity index (χ0n) is 7.95. The molecule has 0 aromatic carbocycles. The molecular weight excluding hydrogens is 200 g/mol. The Morgan fingerprint density at radius 3 is 2.86 bits per heavy atom. The molecule has 3 rings (SSSR count). The fourth-order valence-corrected chi connectivity index (χ4v) is 3.13. The molecule has 4 heteroatoms. The number of fused-ring (bicyclic) bond motifs is 2. The van der Waals surface area contributed by atoms with E-state index in [0.29, 0.717) is 17.6 Å². The molecule has 3 unspecified atom stereocenters. The number of nitrogens with zero attached hydrogens (tertiary/aromatic N) is 2. The molecule has 0 aliphatic heterocycles. The zero-order chi connectivity index (χ0) is 9.54. The van der Waals surface area contributed by atoms with E-state index in [9.17, 15) is 0 Å². The van der Waals surface area contributed by atoms with Crippen LogP contribution in [0.3, 0.4) is 0 Å². The Labute approximate surface area is 87.8 Å². The van der Waals surface area contributed by atoms with Crippen LogP contribution in [0, 0.1) is 11.8 Å². The lowest BCUT2D eigenvalue weighted by Gasteiger charge is -2.16. The highest BCUT2D eigenvalue weighted by Gasteiger charge is 2.42. The number of rotatable bonds is 2. The maximum Gasteiger partial charge on any atom is 0.230 e. The molecule has 2 bridgehead atoms. The highest BCUT2D eigenvalue weighted by molar-refractivity contribution is 6.16. The van der Waals surface area contributed by atoms with Crippen molar-refractivity contribution in [1.29, 1.82) is 0 Å². The summed E-state index contributed by atoms with van der Waals surface area (Å²) in [5, 5.41) is 3.84. The molecule has 2 aliphatic carbocycles. The summed E-state index contributed by atoms with van der Waals surface area (Å²) in [5.41, 5.74) is 0. The number of hydrogen-bond acceptors (Lipinski definition) is 3. The minimum Gasteiger partial charge on any atom is -0.339 e. The maximum atomic E-state index is 5.64. The van der Waals surface area contributed by atoms with Crippen molar-refractivity contribution in [2.45, 2.75) is 37.5 Å². The number of halogens is 1. The van der Waals surface area contributed by atoms with Gasteiger partial charge in [-0.1, -0.05) is 11.6 Å². The first kappa shape index (κ1) is 8.72. The summed E-state index contributed by atoms with van der Waals surface area (Å²) in [4.78, 5) is 4.32. The highest BCUT2D eigenvalue weighted by Crippen LogP contribution is 2.52. The molecule has 2 saturated carbocycles. The Morgan fingerprint density at radius 2 is 2.29 bits per heavy atom. The largest absolute Gasteiger partial charge is 0.339 e. The van der Waals surface area contributed by atoms with Crippen LogP contribution in [0.1, 0.15) is 43.3 Å². The molecule has 0 radical (unpaired) electrons. The molecule has 1 aromatic heterocycles. The summed E-state index contributed by atoms with van der Waals surface area (Å²) in [7, 11) is 0. The molecule has 1 heterocycles. The van der Waals surface area contributed by atoms with E-state index in [-0.39, 0.29) is 0 Å². The molecular formula is C10H13ClN2O. The van der Waals surface area contributed by atoms with Crippen molar-refractivity contribution in [1.82, 2.24) is 10.1 Å². The van der Waals surface area contributed by atoms with Crippen LogP contribution in [0.5, 0.6) is 0 Å². The summed E-state index contributed by atoms with van der Waals surface area (Å²) in [6.45, 7) is 0. The van der Waals surface area contributed by atoms with Gasteiger partial charge in [0.2, 0.25) is 5.89 Å². The van der Waals surface area contributed by atoms with Crippen LogP contribution < -0.4 is 0 Å². The van der Waals surface area contributed by atoms with Crippen LogP contribution in [-0.4, -0.2) is 10.1 Å². The van der Waals surface area contributed by atoms with Gasteiger partial charge in [0.1, 0.15) is 0 Å². The van der Waals surface area contributed by atoms with Crippen LogP contribution in [0.4, 0.5) is 0 Å². The van der Waals surface area contributed by atoms with Gasteiger partial charge in [-0.3, -0.25) is 0 Å². The van der Waals surface area contributed by atoms with Crippen LogP contribution in [0.2, 0.25) is 0 Å². The van der Waals surface area contributed by atoms with Gasteiger partial charge in [0.05, 0.1) is 5.88 Å². The van der Waals surface area contributed by atoms with E-state index >= 15 is 0 Å². The van der Waals surface area contributed by atoms with E-state index in [2.05, 4.69) is 10.1 Å². The molecule has 0 amide bonds. The number of aromatic nitrogens is 2. The third-order valence-electron chi connectivity index (χ3n) is 3.66. The van der Waals surface area contributed by atoms with Gasteiger partial charge in [-0.15, -0.1) is 11.6 Å². The number of hydrogen-bond donors (Lipinski definition) is 0. The van der Waals surface area contributed by atoms with Crippen molar-refractivity contribution in [3.05, 3.63) is 11.7 Å². The number of alkyl halides is 1. The molecule has 0 saturated heterocycles. The lowest BCUT2D eigenvalue weighted by Crippen LogP contribution is -2.08. The Morgan fingerprint density at radius 1 is 1.36 bits per heavy atom. The summed E-state index contributed by atoms with van der Waals surface area (Å²) >= 11 is 5.64. The molecule has 3 atom stereocenters. The van der Waals surface area contributed by atoms with Crippen molar-refractivity contribution in [2.75, 3.05) is 0 Å². The summed E-state index contributed by atoms with van der Waals surface area (Å²) in [5.74, 6) is 4.04. The van der Waals surface area contributed by atoms with Gasteiger partial charge in [0.25, 0.3) is 0 Å². The second kappa shape index (κ2) is 3.23. The Bertz CT molecular complexity index is 339. The molecule has 0 N–H and O–H groups in total. The predicted molar refractivity (Wildman–Crippen MR) is 52.0 cm³/mol. The quantitative estimate of drug-likeness (QED) is 0.708. The summed E-state index contributed by atoms with van der Waals surface area (Å²) in [6.07, 6.45) is 5.35. The first-order chi connectivity index (χ1) is 6.86. The zero-order valence-corrected chi connectivity index (χ0v) is 8.70. The van der Waals surface area contributed by atoms with E-state index in [4.69, 9.17) is 16.1 Å². The van der Waals surface area contributed by atoms with E-state index in [1.807, 2.05) is 0 Å². The molecule has 76 valence electrons. The van der Waals surface area contributed by atoms with Gasteiger partial charge < -0.3 is 4.52 Å². The standard InChI is InChI=1S/C10H13ClN2O/c11-5-9-12-10(14-13-9)8-4-6-1-2-7(8)3-6/h6-8H,1-5H2. The predicted octanol–water partition coefficient (Wildman–Crippen LogP) is 2.71. The lowest BCUT2D eigenvalue weighted by molar-refractivity contribution is 0.301. The first-order valence-corrected chi connectivity index (χ1v) is 5.78. The topological polar surface area (TPSA) is 38.9 Å². The molecule has 2 fully saturated rings. The second-order valence-electron chi connectivity index (χ2n) is 4.46. The molecule has 2 aliphatic rings. The van der Waals surface area contributed by atoms with Gasteiger partial charge in [-0.25, -0.2) is 0 Å². The minimum atomic E-state index is 0.352. The van der Waals surface area contributed by atoms with E-state index in [0.717, 1.165) is 17.7 Å². The third kappa shape index (κ3) is 1.26. The van der Waals surface area contributed by atoms with Crippen molar-refractivity contribution >= 4 is 11.6 Å². The first-order valence-electron chi connectivity index (χ1n) is 5.25. The van der Waals surface area contributed by atoms with E-state index in [1.165, 1.54) is 25.7 Å². The Balaban J connectivity index is 1.82. The highest BCUT2D eigenvalue weighted by atomic mass is 35.5. The SMILES string of the molecule is ClCc1noc(C2CC3CCC2C3)n1. The molecule has 14 heavy (non-hydrogen) atoms. The average molecular weight is 213 g/mol. The van der Waals surface area contributed by atoms with Crippen molar-refractivity contribution in [3.8, 4) is 0 Å². The van der Waals surface area contributed by atoms with Crippen LogP contribution >= 0.6 is 11.6 Å². The van der Waals surface area contributed by atoms with Crippen LogP contribution in [0.15, 0.2) is 4.52 Å². The fourth-order valence-electron chi connectivity index (χ4n) is 3.02. The fraction of sp³-hybridized carbons (Fsp3) is 0.800. The van der Waals surface area contributed by atoms with Crippen molar-refractivity contribution in [3.63, 3.8) is 0 Å². The Kier molecular flexibility index (Phi) is 2.01. The second-order valence-corrected chi connectivity index (χ2v) is 4.73. The van der Waals surface area contributed by atoms with Crippen LogP contribution in [-0.2, 0) is 5.88 Å². The van der Waals surface area contributed by atoms with E-state index < -0.39 is 0 Å². The van der Waals surface area contributed by atoms with Gasteiger partial charge >= 0.3 is 0 Å². The Hall–Kier alpha value is -0.570. The van der Waals surface area contributed by atoms with Gasteiger partial charge in [0.15, 0.2) is 5.82 Å². The smallest absolute Gasteiger partial charge is 0.230 e. The minimum absolute atomic E-state index is 0.352. The monoisotopic (exact) mass is 212 g/mol. The lowest BCUT2D eigenvalue weighted by atomic mass is 9.89. The van der Waals surface area contributed by atoms with Crippen molar-refractivity contribution in [2.24, 2.45) is 11.8 Å². The third-order valence-corrected chi connectivity index (χ3v) is 3.90. The summed E-state index contributed by atoms with van der Waals surface area (Å²) in [6, 6.07) is 0. The van der Waals surface area contributed by atoms with Gasteiger partial charge in [0, 0.05) is 5.92 Å². The normalized spacial score (nSPS) is 35.4. The van der Waals surface area contributed by atoms with Gasteiger partial charge in [-0.2, -0.15) is 4.98 Å². The van der Waals surface area contributed by atoms with Crippen molar-refractivity contribution < 1.29 is 4.52 Å². The van der Waals surface area contributed by atoms with E-state index in [1.54, 1.807) is 0 Å². The van der Waals surface area contributed by atoms with Crippen LogP contribution in [0.25, 0.3) is 0 Å². The average Bonchev–Trinajstić information content (AvgIpc) is 2.93. The molecule has 3 nitrogen and oxygen atoms in total. The summed E-state index contributed by atoms with van der Waals surface area (Å²) < 4.78 is 5.25. The molecule has 0 spiro atoms. The maximum absolute atomic E-state index is 5.64. The molecule has 1 aromatic rings. The van der Waals surface area contributed by atoms with Gasteiger partial charge in [-0.05, 0) is 31.1 Å².